The maximum Gasteiger partial charge on any atom is 0.137 e. The van der Waals surface area contributed by atoms with Crippen molar-refractivity contribution in [2.24, 2.45) is 0 Å². The number of aromatic nitrogens is 2. The molecule has 0 fully saturated rings. The van der Waals surface area contributed by atoms with Crippen molar-refractivity contribution in [3.8, 4) is 11.3 Å². The Morgan fingerprint density at radius 2 is 1.83 bits per heavy atom. The lowest BCUT2D eigenvalue weighted by Crippen LogP contribution is -2.05. The van der Waals surface area contributed by atoms with Crippen LogP contribution in [0.5, 0.6) is 0 Å². The van der Waals surface area contributed by atoms with E-state index in [1.807, 2.05) is 29.7 Å². The normalized spacial score (nSPS) is 11.0. The summed E-state index contributed by atoms with van der Waals surface area (Å²) in [5, 5.41) is 2.79. The highest BCUT2D eigenvalue weighted by Crippen LogP contribution is 2.31. The Morgan fingerprint density at radius 1 is 1.17 bits per heavy atom. The van der Waals surface area contributed by atoms with Crippen LogP contribution in [0.3, 0.4) is 0 Å². The Bertz CT molecular complexity index is 902. The second-order valence-electron chi connectivity index (χ2n) is 5.52. The average Bonchev–Trinajstić information content (AvgIpc) is 2.82. The Labute approximate surface area is 133 Å². The first-order valence-corrected chi connectivity index (χ1v) is 7.24. The van der Waals surface area contributed by atoms with Crippen LogP contribution in [0.2, 0.25) is 0 Å². The minimum absolute atomic E-state index is 0.114. The number of rotatable bonds is 3. The highest BCUT2D eigenvalue weighted by atomic mass is 19.1. The van der Waals surface area contributed by atoms with Gasteiger partial charge in [-0.1, -0.05) is 6.58 Å². The smallest absolute Gasteiger partial charge is 0.137 e. The van der Waals surface area contributed by atoms with Crippen LogP contribution in [0.1, 0.15) is 16.8 Å². The van der Waals surface area contributed by atoms with Gasteiger partial charge in [0.25, 0.3) is 0 Å². The van der Waals surface area contributed by atoms with Crippen LogP contribution < -0.4 is 5.32 Å². The van der Waals surface area contributed by atoms with Gasteiger partial charge in [-0.25, -0.2) is 13.8 Å². The van der Waals surface area contributed by atoms with Gasteiger partial charge in [-0.05, 0) is 43.7 Å². The van der Waals surface area contributed by atoms with Gasteiger partial charge in [0, 0.05) is 30.2 Å². The van der Waals surface area contributed by atoms with Gasteiger partial charge in [0.15, 0.2) is 0 Å². The fraction of sp³-hybridized carbons (Fsp3) is 0.167. The minimum atomic E-state index is -0.653. The van der Waals surface area contributed by atoms with Crippen LogP contribution in [0.25, 0.3) is 22.6 Å². The maximum absolute atomic E-state index is 14.5. The molecule has 1 aromatic carbocycles. The molecule has 118 valence electrons. The highest BCUT2D eigenvalue weighted by Gasteiger charge is 2.20. The van der Waals surface area contributed by atoms with E-state index >= 15 is 0 Å². The van der Waals surface area contributed by atoms with E-state index in [0.29, 0.717) is 28.3 Å². The zero-order chi connectivity index (χ0) is 16.7. The standard InChI is InChI=1S/C18H17F2N3/c1-10-5-6-23-12(3)18(22-16(23)7-10)17-14(19)8-13(9-15(17)20)11(2)21-4/h5-9,21H,2H2,1,3-4H3. The summed E-state index contributed by atoms with van der Waals surface area (Å²) >= 11 is 0. The van der Waals surface area contributed by atoms with E-state index in [2.05, 4.69) is 16.9 Å². The number of halogens is 2. The molecule has 0 atom stereocenters. The van der Waals surface area contributed by atoms with Crippen molar-refractivity contribution >= 4 is 11.3 Å². The molecule has 0 saturated heterocycles. The van der Waals surface area contributed by atoms with Crippen molar-refractivity contribution in [1.29, 1.82) is 0 Å². The van der Waals surface area contributed by atoms with Crippen LogP contribution in [-0.2, 0) is 0 Å². The zero-order valence-electron chi connectivity index (χ0n) is 13.2. The summed E-state index contributed by atoms with van der Waals surface area (Å²) in [6.45, 7) is 7.47. The summed E-state index contributed by atoms with van der Waals surface area (Å²) in [4.78, 5) is 4.40. The van der Waals surface area contributed by atoms with E-state index in [9.17, 15) is 8.78 Å². The topological polar surface area (TPSA) is 29.3 Å². The van der Waals surface area contributed by atoms with Crippen LogP contribution in [0, 0.1) is 25.5 Å². The highest BCUT2D eigenvalue weighted by molar-refractivity contribution is 5.71. The van der Waals surface area contributed by atoms with Crippen molar-refractivity contribution in [3.63, 3.8) is 0 Å². The molecule has 2 heterocycles. The molecule has 0 amide bonds. The molecule has 0 aliphatic carbocycles. The average molecular weight is 313 g/mol. The Balaban J connectivity index is 2.23. The van der Waals surface area contributed by atoms with E-state index < -0.39 is 11.6 Å². The van der Waals surface area contributed by atoms with Gasteiger partial charge >= 0.3 is 0 Å². The van der Waals surface area contributed by atoms with Crippen molar-refractivity contribution in [1.82, 2.24) is 14.7 Å². The van der Waals surface area contributed by atoms with E-state index in [1.54, 1.807) is 14.0 Å². The molecule has 1 N–H and O–H groups in total. The third-order valence-corrected chi connectivity index (χ3v) is 3.95. The van der Waals surface area contributed by atoms with Gasteiger partial charge in [0.1, 0.15) is 17.3 Å². The molecule has 0 aliphatic heterocycles. The summed E-state index contributed by atoms with van der Waals surface area (Å²) in [5.41, 5.74) is 3.43. The Morgan fingerprint density at radius 3 is 2.43 bits per heavy atom. The molecule has 0 spiro atoms. The zero-order valence-corrected chi connectivity index (χ0v) is 13.2. The second-order valence-corrected chi connectivity index (χ2v) is 5.52. The molecule has 0 radical (unpaired) electrons. The number of benzene rings is 1. The van der Waals surface area contributed by atoms with Crippen molar-refractivity contribution in [3.05, 3.63) is 65.5 Å². The van der Waals surface area contributed by atoms with Crippen molar-refractivity contribution in [2.45, 2.75) is 13.8 Å². The molecule has 3 aromatic rings. The minimum Gasteiger partial charge on any atom is -0.388 e. The summed E-state index contributed by atoms with van der Waals surface area (Å²) in [6, 6.07) is 6.35. The lowest BCUT2D eigenvalue weighted by atomic mass is 10.0. The summed E-state index contributed by atoms with van der Waals surface area (Å²) < 4.78 is 30.9. The molecular formula is C18H17F2N3. The first-order chi connectivity index (χ1) is 10.9. The van der Waals surface area contributed by atoms with Gasteiger partial charge in [0.05, 0.1) is 11.3 Å². The largest absolute Gasteiger partial charge is 0.388 e. The molecule has 23 heavy (non-hydrogen) atoms. The number of fused-ring (bicyclic) bond motifs is 1. The number of nitrogens with zero attached hydrogens (tertiary/aromatic N) is 2. The number of nitrogens with one attached hydrogen (secondary N) is 1. The summed E-state index contributed by atoms with van der Waals surface area (Å²) in [6.07, 6.45) is 1.85. The summed E-state index contributed by atoms with van der Waals surface area (Å²) in [7, 11) is 1.65. The van der Waals surface area contributed by atoms with E-state index in [-0.39, 0.29) is 5.56 Å². The number of aryl methyl sites for hydroxylation is 2. The van der Waals surface area contributed by atoms with Crippen LogP contribution >= 0.6 is 0 Å². The predicted octanol–water partition coefficient (Wildman–Crippen LogP) is 4.09. The van der Waals surface area contributed by atoms with Gasteiger partial charge < -0.3 is 9.72 Å². The first kappa shape index (κ1) is 15.2. The quantitative estimate of drug-likeness (QED) is 0.789. The molecule has 2 aromatic heterocycles. The molecular weight excluding hydrogens is 296 g/mol. The first-order valence-electron chi connectivity index (χ1n) is 7.24. The van der Waals surface area contributed by atoms with E-state index in [0.717, 1.165) is 5.56 Å². The molecule has 3 nitrogen and oxygen atoms in total. The lowest BCUT2D eigenvalue weighted by molar-refractivity contribution is 0.587. The third kappa shape index (κ3) is 2.48. The lowest BCUT2D eigenvalue weighted by Gasteiger charge is -2.09. The monoisotopic (exact) mass is 313 g/mol. The number of imidazole rings is 1. The van der Waals surface area contributed by atoms with Crippen LogP contribution in [-0.4, -0.2) is 16.4 Å². The molecule has 0 bridgehead atoms. The van der Waals surface area contributed by atoms with Crippen molar-refractivity contribution < 1.29 is 8.78 Å². The van der Waals surface area contributed by atoms with Crippen LogP contribution in [0.4, 0.5) is 8.78 Å². The maximum atomic E-state index is 14.5. The van der Waals surface area contributed by atoms with Gasteiger partial charge in [-0.2, -0.15) is 0 Å². The fourth-order valence-electron chi connectivity index (χ4n) is 2.62. The number of hydrogen-bond acceptors (Lipinski definition) is 2. The molecule has 5 heteroatoms. The second kappa shape index (κ2) is 5.50. The Kier molecular flexibility index (Phi) is 3.64. The van der Waals surface area contributed by atoms with Gasteiger partial charge in [-0.3, -0.25) is 0 Å². The van der Waals surface area contributed by atoms with E-state index in [4.69, 9.17) is 0 Å². The number of hydrogen-bond donors (Lipinski definition) is 1. The SMILES string of the molecule is C=C(NC)c1cc(F)c(-c2nc3cc(C)ccn3c2C)c(F)c1. The third-order valence-electron chi connectivity index (χ3n) is 3.95. The van der Waals surface area contributed by atoms with E-state index in [1.165, 1.54) is 12.1 Å². The predicted molar refractivity (Wildman–Crippen MR) is 88.1 cm³/mol. The summed E-state index contributed by atoms with van der Waals surface area (Å²) in [5.74, 6) is -1.31. The molecule has 0 unspecified atom stereocenters. The molecule has 0 saturated carbocycles. The van der Waals surface area contributed by atoms with Gasteiger partial charge in [-0.15, -0.1) is 0 Å². The van der Waals surface area contributed by atoms with Gasteiger partial charge in [0.2, 0.25) is 0 Å². The number of pyridine rings is 1. The van der Waals surface area contributed by atoms with Crippen LogP contribution in [0.15, 0.2) is 37.0 Å². The fourth-order valence-corrected chi connectivity index (χ4v) is 2.62. The molecule has 3 rings (SSSR count). The molecule has 0 aliphatic rings. The van der Waals surface area contributed by atoms with Crippen molar-refractivity contribution in [2.75, 3.05) is 7.05 Å². The Hall–Kier alpha value is -2.69.